The highest BCUT2D eigenvalue weighted by Gasteiger charge is 2.19. The van der Waals surface area contributed by atoms with Crippen molar-refractivity contribution in [3.8, 4) is 5.75 Å². The molecule has 0 bridgehead atoms. The van der Waals surface area contributed by atoms with Crippen LogP contribution < -0.4 is 10.1 Å². The molecule has 126 valence electrons. The first-order chi connectivity index (χ1) is 11.6. The van der Waals surface area contributed by atoms with E-state index in [2.05, 4.69) is 5.32 Å². The predicted molar refractivity (Wildman–Crippen MR) is 92.2 cm³/mol. The van der Waals surface area contributed by atoms with Gasteiger partial charge in [0.05, 0.1) is 12.2 Å². The quantitative estimate of drug-likeness (QED) is 0.788. The van der Waals surface area contributed by atoms with Crippen molar-refractivity contribution in [3.05, 3.63) is 60.2 Å². The molecule has 1 amide bonds. The summed E-state index contributed by atoms with van der Waals surface area (Å²) >= 11 is 0. The Morgan fingerprint density at radius 2 is 1.79 bits per heavy atom. The average molecular weight is 327 g/mol. The predicted octanol–water partition coefficient (Wildman–Crippen LogP) is 3.66. The van der Waals surface area contributed by atoms with E-state index in [1.165, 1.54) is 0 Å². The number of carbonyl (C=O) groups excluding carboxylic acids is 2. The number of hydrogen-bond acceptors (Lipinski definition) is 4. The number of benzene rings is 2. The number of hydrogen-bond donors (Lipinski definition) is 1. The van der Waals surface area contributed by atoms with Crippen molar-refractivity contribution in [2.75, 3.05) is 11.9 Å². The summed E-state index contributed by atoms with van der Waals surface area (Å²) in [6.45, 7) is 3.93. The molecule has 1 unspecified atom stereocenters. The van der Waals surface area contributed by atoms with Crippen LogP contribution in [0.3, 0.4) is 0 Å². The van der Waals surface area contributed by atoms with E-state index in [0.29, 0.717) is 30.0 Å². The fraction of sp³-hybridized carbons (Fsp3) is 0.263. The summed E-state index contributed by atoms with van der Waals surface area (Å²) < 4.78 is 10.7. The Hall–Kier alpha value is -2.82. The minimum atomic E-state index is -0.612. The monoisotopic (exact) mass is 327 g/mol. The topological polar surface area (TPSA) is 64.6 Å². The minimum absolute atomic E-state index is 0.262. The molecule has 0 aliphatic rings. The van der Waals surface area contributed by atoms with E-state index in [1.807, 2.05) is 25.1 Å². The van der Waals surface area contributed by atoms with Crippen molar-refractivity contribution in [1.82, 2.24) is 0 Å². The van der Waals surface area contributed by atoms with Gasteiger partial charge in [0.25, 0.3) is 5.91 Å². The largest absolute Gasteiger partial charge is 0.481 e. The maximum atomic E-state index is 12.4. The van der Waals surface area contributed by atoms with Crippen LogP contribution >= 0.6 is 0 Å². The smallest absolute Gasteiger partial charge is 0.338 e. The second-order valence-electron chi connectivity index (χ2n) is 5.12. The molecule has 0 spiro atoms. The lowest BCUT2D eigenvalue weighted by Crippen LogP contribution is -2.32. The first-order valence-corrected chi connectivity index (χ1v) is 7.93. The van der Waals surface area contributed by atoms with Gasteiger partial charge in [0, 0.05) is 5.69 Å². The van der Waals surface area contributed by atoms with Crippen LogP contribution in [-0.4, -0.2) is 24.6 Å². The molecule has 0 radical (unpaired) electrons. The Kier molecular flexibility index (Phi) is 6.37. The molecule has 1 atom stereocenters. The first kappa shape index (κ1) is 17.5. The molecule has 0 saturated carbocycles. The third kappa shape index (κ3) is 4.84. The molecule has 1 N–H and O–H groups in total. The first-order valence-electron chi connectivity index (χ1n) is 7.93. The van der Waals surface area contributed by atoms with E-state index >= 15 is 0 Å². The van der Waals surface area contributed by atoms with Gasteiger partial charge in [0.2, 0.25) is 0 Å². The second-order valence-corrected chi connectivity index (χ2v) is 5.12. The lowest BCUT2D eigenvalue weighted by atomic mass is 10.2. The van der Waals surface area contributed by atoms with Crippen LogP contribution in [0, 0.1) is 0 Å². The molecule has 0 saturated heterocycles. The Balaban J connectivity index is 2.04. The highest BCUT2D eigenvalue weighted by molar-refractivity contribution is 5.96. The number of nitrogens with one attached hydrogen (secondary N) is 1. The average Bonchev–Trinajstić information content (AvgIpc) is 2.61. The van der Waals surface area contributed by atoms with Gasteiger partial charge < -0.3 is 14.8 Å². The lowest BCUT2D eigenvalue weighted by Gasteiger charge is -2.17. The third-order valence-electron chi connectivity index (χ3n) is 3.33. The van der Waals surface area contributed by atoms with E-state index in [-0.39, 0.29) is 5.91 Å². The highest BCUT2D eigenvalue weighted by Crippen LogP contribution is 2.16. The summed E-state index contributed by atoms with van der Waals surface area (Å²) in [6, 6.07) is 15.8. The number of carbonyl (C=O) groups is 2. The Bertz CT molecular complexity index is 685. The van der Waals surface area contributed by atoms with Crippen LogP contribution in [0.1, 0.15) is 30.6 Å². The standard InChI is InChI=1S/C19H21NO4/c1-3-17(24-16-11-6-5-7-12-16)18(21)20-15-10-8-9-14(13-15)19(22)23-4-2/h5-13,17H,3-4H2,1-2H3,(H,20,21). The van der Waals surface area contributed by atoms with Gasteiger partial charge in [-0.15, -0.1) is 0 Å². The van der Waals surface area contributed by atoms with Gasteiger partial charge in [0.15, 0.2) is 6.10 Å². The Morgan fingerprint density at radius 3 is 2.46 bits per heavy atom. The van der Waals surface area contributed by atoms with Crippen molar-refractivity contribution in [3.63, 3.8) is 0 Å². The number of ether oxygens (including phenoxy) is 2. The summed E-state index contributed by atoms with van der Waals surface area (Å²) in [5, 5.41) is 2.78. The molecule has 0 heterocycles. The van der Waals surface area contributed by atoms with Gasteiger partial charge >= 0.3 is 5.97 Å². The molecule has 5 nitrogen and oxygen atoms in total. The molecule has 5 heteroatoms. The van der Waals surface area contributed by atoms with Crippen LogP contribution in [0.4, 0.5) is 5.69 Å². The molecule has 0 aromatic heterocycles. The molecule has 0 aliphatic heterocycles. The molecule has 24 heavy (non-hydrogen) atoms. The van der Waals surface area contributed by atoms with Crippen molar-refractivity contribution in [2.45, 2.75) is 26.4 Å². The van der Waals surface area contributed by atoms with Crippen LogP contribution in [0.15, 0.2) is 54.6 Å². The van der Waals surface area contributed by atoms with Crippen molar-refractivity contribution >= 4 is 17.6 Å². The van der Waals surface area contributed by atoms with Gasteiger partial charge in [-0.2, -0.15) is 0 Å². The number of esters is 1. The summed E-state index contributed by atoms with van der Waals surface area (Å²) in [4.78, 5) is 24.2. The normalized spacial score (nSPS) is 11.4. The Morgan fingerprint density at radius 1 is 1.04 bits per heavy atom. The van der Waals surface area contributed by atoms with Crippen molar-refractivity contribution in [2.24, 2.45) is 0 Å². The van der Waals surface area contributed by atoms with E-state index in [0.717, 1.165) is 0 Å². The summed E-state index contributed by atoms with van der Waals surface area (Å²) in [5.41, 5.74) is 0.923. The number of para-hydroxylation sites is 1. The van der Waals surface area contributed by atoms with Crippen LogP contribution in [0.2, 0.25) is 0 Å². The number of rotatable bonds is 7. The zero-order valence-electron chi connectivity index (χ0n) is 13.8. The van der Waals surface area contributed by atoms with Gasteiger partial charge in [-0.1, -0.05) is 31.2 Å². The molecular weight excluding hydrogens is 306 g/mol. The van der Waals surface area contributed by atoms with Crippen molar-refractivity contribution < 1.29 is 19.1 Å². The van der Waals surface area contributed by atoms with Gasteiger partial charge in [-0.3, -0.25) is 4.79 Å². The maximum absolute atomic E-state index is 12.4. The fourth-order valence-corrected chi connectivity index (χ4v) is 2.15. The molecule has 0 aliphatic carbocycles. The van der Waals surface area contributed by atoms with E-state index in [9.17, 15) is 9.59 Å². The van der Waals surface area contributed by atoms with Crippen LogP contribution in [0.5, 0.6) is 5.75 Å². The molecule has 2 aromatic carbocycles. The summed E-state index contributed by atoms with van der Waals surface area (Å²) in [7, 11) is 0. The highest BCUT2D eigenvalue weighted by atomic mass is 16.5. The summed E-state index contributed by atoms with van der Waals surface area (Å²) in [5.74, 6) is -0.0386. The van der Waals surface area contributed by atoms with Crippen LogP contribution in [0.25, 0.3) is 0 Å². The van der Waals surface area contributed by atoms with E-state index < -0.39 is 12.1 Å². The minimum Gasteiger partial charge on any atom is -0.481 e. The molecule has 0 fully saturated rings. The fourth-order valence-electron chi connectivity index (χ4n) is 2.15. The molecule has 2 aromatic rings. The van der Waals surface area contributed by atoms with Gasteiger partial charge in [-0.25, -0.2) is 4.79 Å². The van der Waals surface area contributed by atoms with Gasteiger partial charge in [0.1, 0.15) is 5.75 Å². The van der Waals surface area contributed by atoms with Crippen molar-refractivity contribution in [1.29, 1.82) is 0 Å². The lowest BCUT2D eigenvalue weighted by molar-refractivity contribution is -0.122. The van der Waals surface area contributed by atoms with Crippen LogP contribution in [-0.2, 0) is 9.53 Å². The number of anilines is 1. The Labute approximate surface area is 141 Å². The number of amides is 1. The zero-order chi connectivity index (χ0) is 17.4. The summed E-state index contributed by atoms with van der Waals surface area (Å²) in [6.07, 6.45) is -0.0863. The maximum Gasteiger partial charge on any atom is 0.338 e. The second kappa shape index (κ2) is 8.72. The zero-order valence-corrected chi connectivity index (χ0v) is 13.8. The van der Waals surface area contributed by atoms with E-state index in [4.69, 9.17) is 9.47 Å². The third-order valence-corrected chi connectivity index (χ3v) is 3.33. The van der Waals surface area contributed by atoms with Gasteiger partial charge in [-0.05, 0) is 43.7 Å². The SMILES string of the molecule is CCOC(=O)c1cccc(NC(=O)C(CC)Oc2ccccc2)c1. The molecule has 2 rings (SSSR count). The van der Waals surface area contributed by atoms with E-state index in [1.54, 1.807) is 43.3 Å². The molecular formula is C19H21NO4.